The Morgan fingerprint density at radius 3 is 2.12 bits per heavy atom. The molecule has 0 aliphatic heterocycles. The molecule has 3 rings (SSSR count). The normalized spacial score (nSPS) is 12.8. The smallest absolute Gasteiger partial charge is 0.244 e. The Morgan fingerprint density at radius 1 is 0.900 bits per heavy atom. The molecule has 0 saturated heterocycles. The number of para-hydroxylation sites is 1. The number of benzene rings is 3. The van der Waals surface area contributed by atoms with E-state index in [4.69, 9.17) is 0 Å². The van der Waals surface area contributed by atoms with Gasteiger partial charge in [-0.2, -0.15) is 0 Å². The Morgan fingerprint density at radius 2 is 1.52 bits per heavy atom. The molecule has 0 unspecified atom stereocenters. The predicted octanol–water partition coefficient (Wildman–Crippen LogP) is 4.71. The second-order valence-electron chi connectivity index (χ2n) is 9.92. The Balaban J connectivity index is 2.07. The summed E-state index contributed by atoms with van der Waals surface area (Å²) in [5.41, 5.74) is 2.66. The molecular weight excluding hydrogens is 529 g/mol. The van der Waals surface area contributed by atoms with Crippen molar-refractivity contribution in [1.82, 2.24) is 10.2 Å². The van der Waals surface area contributed by atoms with Crippen molar-refractivity contribution in [3.63, 3.8) is 0 Å². The van der Waals surface area contributed by atoms with Gasteiger partial charge in [0.2, 0.25) is 21.8 Å². The average Bonchev–Trinajstić information content (AvgIpc) is 2.94. The number of carbonyl (C=O) groups is 2. The van der Waals surface area contributed by atoms with Crippen molar-refractivity contribution in [2.75, 3.05) is 17.1 Å². The fourth-order valence-corrected chi connectivity index (χ4v) is 5.31. The fourth-order valence-electron chi connectivity index (χ4n) is 4.43. The number of nitrogens with one attached hydrogen (secondary N) is 1. The third-order valence-electron chi connectivity index (χ3n) is 6.86. The number of sulfonamides is 1. The van der Waals surface area contributed by atoms with E-state index in [-0.39, 0.29) is 24.9 Å². The zero-order valence-corrected chi connectivity index (χ0v) is 24.3. The molecule has 7 nitrogen and oxygen atoms in total. The molecule has 0 fully saturated rings. The van der Waals surface area contributed by atoms with E-state index in [0.29, 0.717) is 24.1 Å². The topological polar surface area (TPSA) is 86.8 Å². The quantitative estimate of drug-likeness (QED) is 0.324. The number of halogens is 1. The van der Waals surface area contributed by atoms with Crippen LogP contribution in [0.3, 0.4) is 0 Å². The molecule has 0 aromatic heterocycles. The summed E-state index contributed by atoms with van der Waals surface area (Å²) >= 11 is 0. The maximum Gasteiger partial charge on any atom is 0.244 e. The number of hydrogen-bond donors (Lipinski definition) is 1. The van der Waals surface area contributed by atoms with Crippen LogP contribution >= 0.6 is 0 Å². The first-order valence-corrected chi connectivity index (χ1v) is 15.3. The van der Waals surface area contributed by atoms with E-state index in [0.717, 1.165) is 21.7 Å². The molecular formula is C31H38FN3O4S. The summed E-state index contributed by atoms with van der Waals surface area (Å²) in [5.74, 6) is -1.30. The van der Waals surface area contributed by atoms with Crippen molar-refractivity contribution in [3.8, 4) is 0 Å². The van der Waals surface area contributed by atoms with Gasteiger partial charge < -0.3 is 10.2 Å². The first kappa shape index (κ1) is 30.8. The molecule has 1 N–H and O–H groups in total. The van der Waals surface area contributed by atoms with E-state index in [2.05, 4.69) is 5.32 Å². The summed E-state index contributed by atoms with van der Waals surface area (Å²) in [7, 11) is -3.85. The van der Waals surface area contributed by atoms with Crippen LogP contribution in [0.4, 0.5) is 10.1 Å². The lowest BCUT2D eigenvalue weighted by Gasteiger charge is -2.34. The molecule has 2 atom stereocenters. The highest BCUT2D eigenvalue weighted by molar-refractivity contribution is 7.92. The monoisotopic (exact) mass is 567 g/mol. The molecule has 9 heteroatoms. The van der Waals surface area contributed by atoms with Crippen molar-refractivity contribution in [3.05, 3.63) is 101 Å². The molecule has 2 amide bonds. The van der Waals surface area contributed by atoms with Crippen molar-refractivity contribution in [2.24, 2.45) is 0 Å². The molecule has 3 aromatic rings. The molecule has 214 valence electrons. The van der Waals surface area contributed by atoms with Crippen LogP contribution in [0.5, 0.6) is 0 Å². The van der Waals surface area contributed by atoms with Crippen LogP contribution < -0.4 is 9.62 Å². The van der Waals surface area contributed by atoms with Crippen molar-refractivity contribution < 1.29 is 22.4 Å². The van der Waals surface area contributed by atoms with Crippen LogP contribution in [-0.2, 0) is 39.0 Å². The Hall–Kier alpha value is -3.72. The van der Waals surface area contributed by atoms with Gasteiger partial charge in [-0.05, 0) is 54.7 Å². The number of nitrogens with zero attached hydrogens (tertiary/aromatic N) is 2. The third-order valence-corrected chi connectivity index (χ3v) is 7.99. The SMILES string of the molecule is CCc1ccccc1N(CC(=O)N(Cc1ccc(F)cc1)[C@H](Cc1ccccc1)C(=O)N[C@H](C)CC)S(C)(=O)=O. The molecule has 0 spiro atoms. The summed E-state index contributed by atoms with van der Waals surface area (Å²) in [5, 5.41) is 2.99. The van der Waals surface area contributed by atoms with Crippen molar-refractivity contribution in [1.29, 1.82) is 0 Å². The van der Waals surface area contributed by atoms with Gasteiger partial charge in [0.25, 0.3) is 0 Å². The number of amides is 2. The molecule has 3 aromatic carbocycles. The molecule has 0 heterocycles. The second-order valence-corrected chi connectivity index (χ2v) is 11.8. The first-order chi connectivity index (χ1) is 19.0. The van der Waals surface area contributed by atoms with Crippen molar-refractivity contribution >= 4 is 27.5 Å². The minimum Gasteiger partial charge on any atom is -0.352 e. The Kier molecular flexibility index (Phi) is 10.8. The van der Waals surface area contributed by atoms with Crippen LogP contribution in [0.15, 0.2) is 78.9 Å². The molecule has 0 aliphatic carbocycles. The fraction of sp³-hybridized carbons (Fsp3) is 0.355. The zero-order valence-electron chi connectivity index (χ0n) is 23.5. The van der Waals surface area contributed by atoms with Gasteiger partial charge in [0.15, 0.2) is 0 Å². The van der Waals surface area contributed by atoms with Gasteiger partial charge >= 0.3 is 0 Å². The Labute approximate surface area is 237 Å². The van der Waals surface area contributed by atoms with Gasteiger partial charge in [-0.15, -0.1) is 0 Å². The van der Waals surface area contributed by atoms with Gasteiger partial charge in [-0.25, -0.2) is 12.8 Å². The van der Waals surface area contributed by atoms with E-state index in [1.54, 1.807) is 24.3 Å². The van der Waals surface area contributed by atoms with Gasteiger partial charge in [-0.3, -0.25) is 13.9 Å². The molecule has 0 bridgehead atoms. The standard InChI is InChI=1S/C31H38FN3O4S/c1-5-23(3)33-31(37)29(20-24-12-8-7-9-13-24)34(21-25-16-18-27(32)19-17-25)30(36)22-35(40(4,38)39)28-15-11-10-14-26(28)6-2/h7-19,23,29H,5-6,20-22H2,1-4H3,(H,33,37)/t23-,29-/m1/s1. The minimum absolute atomic E-state index is 0.00241. The largest absolute Gasteiger partial charge is 0.352 e. The van der Waals surface area contributed by atoms with Gasteiger partial charge in [-0.1, -0.05) is 74.5 Å². The minimum atomic E-state index is -3.85. The lowest BCUT2D eigenvalue weighted by Crippen LogP contribution is -2.54. The highest BCUT2D eigenvalue weighted by Crippen LogP contribution is 2.24. The lowest BCUT2D eigenvalue weighted by atomic mass is 10.0. The van der Waals surface area contributed by atoms with Gasteiger partial charge in [0, 0.05) is 19.0 Å². The lowest BCUT2D eigenvalue weighted by molar-refractivity contribution is -0.140. The Bertz CT molecular complexity index is 1380. The van der Waals surface area contributed by atoms with E-state index < -0.39 is 34.3 Å². The van der Waals surface area contributed by atoms with Crippen LogP contribution in [-0.4, -0.2) is 50.0 Å². The van der Waals surface area contributed by atoms with Crippen LogP contribution in [0, 0.1) is 5.82 Å². The zero-order chi connectivity index (χ0) is 29.3. The first-order valence-electron chi connectivity index (χ1n) is 13.5. The number of rotatable bonds is 13. The number of carbonyl (C=O) groups excluding carboxylic acids is 2. The van der Waals surface area contributed by atoms with Gasteiger partial charge in [0.05, 0.1) is 11.9 Å². The average molecular weight is 568 g/mol. The van der Waals surface area contributed by atoms with Crippen LogP contribution in [0.2, 0.25) is 0 Å². The highest BCUT2D eigenvalue weighted by atomic mass is 32.2. The highest BCUT2D eigenvalue weighted by Gasteiger charge is 2.33. The van der Waals surface area contributed by atoms with Crippen LogP contribution in [0.1, 0.15) is 43.9 Å². The summed E-state index contributed by atoms with van der Waals surface area (Å²) in [4.78, 5) is 29.2. The van der Waals surface area contributed by atoms with E-state index in [9.17, 15) is 22.4 Å². The molecule has 0 radical (unpaired) electrons. The summed E-state index contributed by atoms with van der Waals surface area (Å²) in [6.07, 6.45) is 2.56. The van der Waals surface area contributed by atoms with Gasteiger partial charge in [0.1, 0.15) is 18.4 Å². The number of aryl methyl sites for hydroxylation is 1. The molecule has 0 aliphatic rings. The second kappa shape index (κ2) is 14.1. The van der Waals surface area contributed by atoms with Crippen molar-refractivity contribution in [2.45, 2.75) is 58.7 Å². The number of anilines is 1. The molecule has 0 saturated carbocycles. The predicted molar refractivity (Wildman–Crippen MR) is 157 cm³/mol. The summed E-state index contributed by atoms with van der Waals surface area (Å²) in [6.45, 7) is 5.26. The summed E-state index contributed by atoms with van der Waals surface area (Å²) < 4.78 is 40.7. The van der Waals surface area contributed by atoms with Crippen LogP contribution in [0.25, 0.3) is 0 Å². The summed E-state index contributed by atoms with van der Waals surface area (Å²) in [6, 6.07) is 21.0. The van der Waals surface area contributed by atoms with E-state index >= 15 is 0 Å². The number of hydrogen-bond acceptors (Lipinski definition) is 4. The maximum absolute atomic E-state index is 14.1. The molecule has 40 heavy (non-hydrogen) atoms. The third kappa shape index (κ3) is 8.39. The van der Waals surface area contributed by atoms with E-state index in [1.807, 2.05) is 63.2 Å². The maximum atomic E-state index is 14.1. The van der Waals surface area contributed by atoms with E-state index in [1.165, 1.54) is 17.0 Å².